The Balaban J connectivity index is 1.78. The van der Waals surface area contributed by atoms with E-state index in [1.165, 1.54) is 25.7 Å². The van der Waals surface area contributed by atoms with Crippen molar-refractivity contribution < 1.29 is 14.6 Å². The number of aliphatic carboxylic acids is 1. The van der Waals surface area contributed by atoms with Crippen LogP contribution in [0.3, 0.4) is 0 Å². The molecule has 1 N–H and O–H groups in total. The van der Waals surface area contributed by atoms with Gasteiger partial charge in [-0.15, -0.1) is 0 Å². The fourth-order valence-corrected chi connectivity index (χ4v) is 3.10. The summed E-state index contributed by atoms with van der Waals surface area (Å²) >= 11 is 0. The molecule has 3 heteroatoms. The van der Waals surface area contributed by atoms with Gasteiger partial charge >= 0.3 is 5.97 Å². The smallest absolute Gasteiger partial charge is 0.332 e. The summed E-state index contributed by atoms with van der Waals surface area (Å²) in [5.41, 5.74) is 0. The third kappa shape index (κ3) is 2.76. The monoisotopic (exact) mass is 226 g/mol. The summed E-state index contributed by atoms with van der Waals surface area (Å²) in [5.74, 6) is 1.48. The predicted octanol–water partition coefficient (Wildman–Crippen LogP) is 2.69. The van der Waals surface area contributed by atoms with Crippen LogP contribution in [0.5, 0.6) is 0 Å². The standard InChI is InChI=1S/C13H22O3/c1-9-2-4-10(5-3-9)11-6-7-12(13(14)15)16-8-11/h9-12H,2-8H2,1H3,(H,14,15). The van der Waals surface area contributed by atoms with E-state index in [0.717, 1.165) is 18.3 Å². The average Bonchev–Trinajstić information content (AvgIpc) is 2.30. The molecule has 1 saturated heterocycles. The molecule has 2 atom stereocenters. The van der Waals surface area contributed by atoms with E-state index in [4.69, 9.17) is 9.84 Å². The lowest BCUT2D eigenvalue weighted by molar-refractivity contribution is -0.156. The molecule has 1 aliphatic heterocycles. The van der Waals surface area contributed by atoms with Gasteiger partial charge in [-0.05, 0) is 43.4 Å². The van der Waals surface area contributed by atoms with Crippen LogP contribution in [0.25, 0.3) is 0 Å². The molecule has 92 valence electrons. The van der Waals surface area contributed by atoms with Gasteiger partial charge in [-0.2, -0.15) is 0 Å². The molecule has 1 aliphatic carbocycles. The van der Waals surface area contributed by atoms with Crippen LogP contribution < -0.4 is 0 Å². The maximum Gasteiger partial charge on any atom is 0.332 e. The van der Waals surface area contributed by atoms with Crippen molar-refractivity contribution in [2.24, 2.45) is 17.8 Å². The molecule has 0 spiro atoms. The Morgan fingerprint density at radius 1 is 1.06 bits per heavy atom. The van der Waals surface area contributed by atoms with Crippen LogP contribution in [-0.4, -0.2) is 23.8 Å². The normalized spacial score (nSPS) is 40.6. The zero-order chi connectivity index (χ0) is 11.5. The van der Waals surface area contributed by atoms with E-state index in [1.54, 1.807) is 0 Å². The molecule has 16 heavy (non-hydrogen) atoms. The van der Waals surface area contributed by atoms with Crippen LogP contribution in [-0.2, 0) is 9.53 Å². The van der Waals surface area contributed by atoms with Crippen LogP contribution >= 0.6 is 0 Å². The highest BCUT2D eigenvalue weighted by atomic mass is 16.5. The first-order valence-electron chi connectivity index (χ1n) is 6.51. The fraction of sp³-hybridized carbons (Fsp3) is 0.923. The van der Waals surface area contributed by atoms with Crippen LogP contribution in [0.1, 0.15) is 45.4 Å². The van der Waals surface area contributed by atoms with Gasteiger partial charge in [0.1, 0.15) is 0 Å². The summed E-state index contributed by atoms with van der Waals surface area (Å²) < 4.78 is 5.43. The summed E-state index contributed by atoms with van der Waals surface area (Å²) in [6.45, 7) is 2.99. The van der Waals surface area contributed by atoms with Gasteiger partial charge in [0.05, 0.1) is 6.61 Å². The Morgan fingerprint density at radius 2 is 1.69 bits per heavy atom. The lowest BCUT2D eigenvalue weighted by Gasteiger charge is -2.36. The molecule has 2 rings (SSSR count). The molecule has 2 aliphatic rings. The first kappa shape index (κ1) is 11.9. The Kier molecular flexibility index (Phi) is 3.85. The van der Waals surface area contributed by atoms with Crippen molar-refractivity contribution >= 4 is 5.97 Å². The van der Waals surface area contributed by atoms with E-state index < -0.39 is 12.1 Å². The van der Waals surface area contributed by atoms with Gasteiger partial charge in [0.25, 0.3) is 0 Å². The van der Waals surface area contributed by atoms with E-state index in [9.17, 15) is 4.79 Å². The summed E-state index contributed by atoms with van der Waals surface area (Å²) in [5, 5.41) is 8.84. The van der Waals surface area contributed by atoms with Gasteiger partial charge in [0, 0.05) is 0 Å². The Labute approximate surface area is 97.2 Å². The zero-order valence-electron chi connectivity index (χ0n) is 10.0. The quantitative estimate of drug-likeness (QED) is 0.787. The van der Waals surface area contributed by atoms with Crippen molar-refractivity contribution in [3.05, 3.63) is 0 Å². The van der Waals surface area contributed by atoms with Gasteiger partial charge in [0.15, 0.2) is 6.10 Å². The predicted molar refractivity (Wildman–Crippen MR) is 61.2 cm³/mol. The third-order valence-corrected chi connectivity index (χ3v) is 4.31. The number of carboxylic acid groups (broad SMARTS) is 1. The zero-order valence-corrected chi connectivity index (χ0v) is 10.0. The van der Waals surface area contributed by atoms with Crippen LogP contribution in [0.15, 0.2) is 0 Å². The molecule has 2 unspecified atom stereocenters. The minimum atomic E-state index is -0.796. The average molecular weight is 226 g/mol. The molecular weight excluding hydrogens is 204 g/mol. The number of rotatable bonds is 2. The second kappa shape index (κ2) is 5.17. The summed E-state index contributed by atoms with van der Waals surface area (Å²) in [6.07, 6.45) is 6.49. The summed E-state index contributed by atoms with van der Waals surface area (Å²) in [6, 6.07) is 0. The highest BCUT2D eigenvalue weighted by Gasteiger charge is 2.32. The molecule has 1 saturated carbocycles. The Morgan fingerprint density at radius 3 is 2.19 bits per heavy atom. The van der Waals surface area contributed by atoms with E-state index in [-0.39, 0.29) is 0 Å². The minimum absolute atomic E-state index is 0.543. The molecule has 0 amide bonds. The Hall–Kier alpha value is -0.570. The highest BCUT2D eigenvalue weighted by Crippen LogP contribution is 2.37. The molecule has 0 radical (unpaired) electrons. The van der Waals surface area contributed by atoms with Crippen molar-refractivity contribution in [1.82, 2.24) is 0 Å². The second-order valence-corrected chi connectivity index (χ2v) is 5.52. The molecule has 0 bridgehead atoms. The molecule has 3 nitrogen and oxygen atoms in total. The first-order chi connectivity index (χ1) is 7.66. The lowest BCUT2D eigenvalue weighted by atomic mass is 9.74. The number of carboxylic acids is 1. The summed E-state index contributed by atoms with van der Waals surface area (Å²) in [7, 11) is 0. The molecule has 0 aromatic heterocycles. The van der Waals surface area contributed by atoms with Crippen molar-refractivity contribution in [3.8, 4) is 0 Å². The van der Waals surface area contributed by atoms with E-state index in [0.29, 0.717) is 18.9 Å². The van der Waals surface area contributed by atoms with E-state index in [2.05, 4.69) is 6.92 Å². The first-order valence-corrected chi connectivity index (χ1v) is 6.51. The van der Waals surface area contributed by atoms with Gasteiger partial charge in [-0.3, -0.25) is 0 Å². The van der Waals surface area contributed by atoms with Gasteiger partial charge in [0.2, 0.25) is 0 Å². The SMILES string of the molecule is CC1CCC(C2CCC(C(=O)O)OC2)CC1. The number of carbonyl (C=O) groups is 1. The van der Waals surface area contributed by atoms with Crippen molar-refractivity contribution in [2.75, 3.05) is 6.61 Å². The van der Waals surface area contributed by atoms with Crippen molar-refractivity contribution in [2.45, 2.75) is 51.6 Å². The van der Waals surface area contributed by atoms with Crippen molar-refractivity contribution in [1.29, 1.82) is 0 Å². The highest BCUT2D eigenvalue weighted by molar-refractivity contribution is 5.72. The maximum atomic E-state index is 10.8. The molecular formula is C13H22O3. The maximum absolute atomic E-state index is 10.8. The van der Waals surface area contributed by atoms with Crippen molar-refractivity contribution in [3.63, 3.8) is 0 Å². The van der Waals surface area contributed by atoms with E-state index in [1.807, 2.05) is 0 Å². The van der Waals surface area contributed by atoms with Gasteiger partial charge in [-0.1, -0.05) is 19.8 Å². The fourth-order valence-electron chi connectivity index (χ4n) is 3.10. The minimum Gasteiger partial charge on any atom is -0.479 e. The number of ether oxygens (including phenoxy) is 1. The molecule has 2 fully saturated rings. The van der Waals surface area contributed by atoms with Gasteiger partial charge in [-0.25, -0.2) is 4.79 Å². The Bertz CT molecular complexity index is 236. The molecule has 0 aromatic carbocycles. The topological polar surface area (TPSA) is 46.5 Å². The third-order valence-electron chi connectivity index (χ3n) is 4.31. The number of hydrogen-bond donors (Lipinski definition) is 1. The van der Waals surface area contributed by atoms with Crippen LogP contribution in [0, 0.1) is 17.8 Å². The molecule has 1 heterocycles. The van der Waals surface area contributed by atoms with Crippen LogP contribution in [0.4, 0.5) is 0 Å². The largest absolute Gasteiger partial charge is 0.479 e. The number of hydrogen-bond acceptors (Lipinski definition) is 2. The lowest BCUT2D eigenvalue weighted by Crippen LogP contribution is -2.35. The van der Waals surface area contributed by atoms with Gasteiger partial charge < -0.3 is 9.84 Å². The molecule has 0 aromatic rings. The second-order valence-electron chi connectivity index (χ2n) is 5.52. The van der Waals surface area contributed by atoms with Crippen LogP contribution in [0.2, 0.25) is 0 Å². The van der Waals surface area contributed by atoms with E-state index >= 15 is 0 Å². The summed E-state index contributed by atoms with van der Waals surface area (Å²) in [4.78, 5) is 10.8.